The minimum atomic E-state index is -1.15. The van der Waals surface area contributed by atoms with Crippen molar-refractivity contribution >= 4 is 0 Å². The average molecular weight is 179 g/mol. The summed E-state index contributed by atoms with van der Waals surface area (Å²) in [5, 5.41) is 27.3. The Labute approximate surface area is 71.8 Å². The molecular formula is C7H17NO4. The van der Waals surface area contributed by atoms with E-state index in [-0.39, 0.29) is 6.61 Å². The van der Waals surface area contributed by atoms with Crippen molar-refractivity contribution in [3.63, 3.8) is 0 Å². The third-order valence-electron chi connectivity index (χ3n) is 1.75. The molecule has 0 saturated heterocycles. The molecule has 0 rings (SSSR count). The maximum atomic E-state index is 9.33. The van der Waals surface area contributed by atoms with Gasteiger partial charge in [0.15, 0.2) is 0 Å². The molecule has 0 aliphatic carbocycles. The average Bonchev–Trinajstić information content (AvgIpc) is 2.05. The topological polar surface area (TPSA) is 95.9 Å². The van der Waals surface area contributed by atoms with Gasteiger partial charge in [0.1, 0.15) is 12.2 Å². The van der Waals surface area contributed by atoms with E-state index in [1.54, 1.807) is 6.92 Å². The van der Waals surface area contributed by atoms with Crippen LogP contribution in [0.5, 0.6) is 0 Å². The van der Waals surface area contributed by atoms with Crippen LogP contribution in [0.25, 0.3) is 0 Å². The lowest BCUT2D eigenvalue weighted by Gasteiger charge is -2.26. The van der Waals surface area contributed by atoms with Crippen molar-refractivity contribution < 1.29 is 20.1 Å². The first-order valence-corrected chi connectivity index (χ1v) is 3.80. The molecule has 0 heterocycles. The number of ether oxygens (including phenoxy) is 1. The van der Waals surface area contributed by atoms with Crippen LogP contribution in [0.2, 0.25) is 0 Å². The van der Waals surface area contributed by atoms with E-state index in [9.17, 15) is 10.2 Å². The molecule has 0 amide bonds. The minimum Gasteiger partial charge on any atom is -0.394 e. The summed E-state index contributed by atoms with van der Waals surface area (Å²) in [4.78, 5) is 0. The van der Waals surface area contributed by atoms with Crippen molar-refractivity contribution in [3.8, 4) is 0 Å². The van der Waals surface area contributed by atoms with E-state index in [0.29, 0.717) is 0 Å². The number of aliphatic hydroxyl groups is 3. The molecule has 0 aromatic carbocycles. The Bertz CT molecular complexity index is 114. The van der Waals surface area contributed by atoms with Crippen LogP contribution in [0.15, 0.2) is 0 Å². The quantitative estimate of drug-likeness (QED) is 0.394. The number of hydrogen-bond donors (Lipinski definition) is 4. The van der Waals surface area contributed by atoms with E-state index < -0.39 is 24.4 Å². The fraction of sp³-hybridized carbons (Fsp3) is 1.00. The summed E-state index contributed by atoms with van der Waals surface area (Å²) in [5.41, 5.74) is 5.34. The molecule has 0 aromatic rings. The molecule has 5 nitrogen and oxygen atoms in total. The van der Waals surface area contributed by atoms with Gasteiger partial charge in [-0.3, -0.25) is 0 Å². The summed E-state index contributed by atoms with van der Waals surface area (Å²) in [7, 11) is 1.35. The summed E-state index contributed by atoms with van der Waals surface area (Å²) in [6, 6.07) is -0.552. The molecule has 0 saturated carbocycles. The van der Waals surface area contributed by atoms with Gasteiger partial charge >= 0.3 is 0 Å². The van der Waals surface area contributed by atoms with Gasteiger partial charge in [-0.15, -0.1) is 0 Å². The minimum absolute atomic E-state index is 0.346. The molecule has 0 aliphatic heterocycles. The number of rotatable bonds is 5. The third-order valence-corrected chi connectivity index (χ3v) is 1.75. The van der Waals surface area contributed by atoms with E-state index >= 15 is 0 Å². The molecule has 12 heavy (non-hydrogen) atoms. The van der Waals surface area contributed by atoms with Crippen LogP contribution in [0.4, 0.5) is 0 Å². The fourth-order valence-electron chi connectivity index (χ4n) is 0.853. The molecule has 0 aromatic heterocycles. The molecule has 0 fully saturated rings. The first-order chi connectivity index (χ1) is 5.54. The van der Waals surface area contributed by atoms with Crippen LogP contribution in [-0.4, -0.2) is 53.4 Å². The van der Waals surface area contributed by atoms with Gasteiger partial charge in [0.2, 0.25) is 0 Å². The molecule has 0 spiro atoms. The van der Waals surface area contributed by atoms with E-state index in [1.165, 1.54) is 7.11 Å². The van der Waals surface area contributed by atoms with Crippen LogP contribution in [0.1, 0.15) is 6.92 Å². The van der Waals surface area contributed by atoms with Crippen LogP contribution in [0, 0.1) is 0 Å². The zero-order chi connectivity index (χ0) is 9.72. The first kappa shape index (κ1) is 11.8. The number of nitrogens with two attached hydrogens (primary N) is 1. The Balaban J connectivity index is 4.05. The van der Waals surface area contributed by atoms with Crippen LogP contribution in [0.3, 0.4) is 0 Å². The monoisotopic (exact) mass is 179 g/mol. The number of hydrogen-bond acceptors (Lipinski definition) is 5. The molecule has 0 aliphatic rings. The SMILES string of the molecule is COC(CO)C(O)C(O)C(C)N. The Morgan fingerprint density at radius 2 is 1.83 bits per heavy atom. The third kappa shape index (κ3) is 3.04. The predicted molar refractivity (Wildman–Crippen MR) is 43.5 cm³/mol. The lowest BCUT2D eigenvalue weighted by molar-refractivity contribution is -0.0969. The Morgan fingerprint density at radius 1 is 1.33 bits per heavy atom. The summed E-state index contributed by atoms with van der Waals surface area (Å²) in [6.45, 7) is 1.22. The Kier molecular flexibility index (Phi) is 5.36. The second-order valence-corrected chi connectivity index (χ2v) is 2.80. The first-order valence-electron chi connectivity index (χ1n) is 3.80. The summed E-state index contributed by atoms with van der Waals surface area (Å²) >= 11 is 0. The van der Waals surface area contributed by atoms with Gasteiger partial charge in [-0.05, 0) is 6.92 Å². The van der Waals surface area contributed by atoms with Crippen LogP contribution in [-0.2, 0) is 4.74 Å². The van der Waals surface area contributed by atoms with E-state index in [2.05, 4.69) is 0 Å². The van der Waals surface area contributed by atoms with E-state index in [4.69, 9.17) is 15.6 Å². The van der Waals surface area contributed by atoms with Crippen molar-refractivity contribution in [1.82, 2.24) is 0 Å². The maximum absolute atomic E-state index is 9.33. The van der Waals surface area contributed by atoms with Crippen molar-refractivity contribution in [3.05, 3.63) is 0 Å². The van der Waals surface area contributed by atoms with Gasteiger partial charge in [-0.1, -0.05) is 0 Å². The number of aliphatic hydroxyl groups excluding tert-OH is 3. The van der Waals surface area contributed by atoms with Crippen molar-refractivity contribution in [1.29, 1.82) is 0 Å². The molecular weight excluding hydrogens is 162 g/mol. The van der Waals surface area contributed by atoms with E-state index in [0.717, 1.165) is 0 Å². The van der Waals surface area contributed by atoms with Crippen molar-refractivity contribution in [2.45, 2.75) is 31.3 Å². The summed E-state index contributed by atoms with van der Waals surface area (Å²) < 4.78 is 4.72. The predicted octanol–water partition coefficient (Wildman–Crippen LogP) is -1.94. The molecule has 4 unspecified atom stereocenters. The Morgan fingerprint density at radius 3 is 2.08 bits per heavy atom. The van der Waals surface area contributed by atoms with Gasteiger partial charge < -0.3 is 25.8 Å². The molecule has 4 atom stereocenters. The van der Waals surface area contributed by atoms with E-state index in [1.807, 2.05) is 0 Å². The molecule has 74 valence electrons. The standard InChI is InChI=1S/C7H17NO4/c1-4(8)6(10)7(11)5(3-9)12-2/h4-7,9-11H,3,8H2,1-2H3. The maximum Gasteiger partial charge on any atom is 0.110 e. The second kappa shape index (κ2) is 5.45. The highest BCUT2D eigenvalue weighted by Gasteiger charge is 2.27. The largest absolute Gasteiger partial charge is 0.394 e. The number of methoxy groups -OCH3 is 1. The molecule has 5 heteroatoms. The van der Waals surface area contributed by atoms with Gasteiger partial charge in [0.25, 0.3) is 0 Å². The lowest BCUT2D eigenvalue weighted by atomic mass is 10.0. The smallest absolute Gasteiger partial charge is 0.110 e. The van der Waals surface area contributed by atoms with Crippen molar-refractivity contribution in [2.24, 2.45) is 5.73 Å². The van der Waals surface area contributed by atoms with Crippen molar-refractivity contribution in [2.75, 3.05) is 13.7 Å². The summed E-state index contributed by atoms with van der Waals surface area (Å²) in [5.74, 6) is 0. The normalized spacial score (nSPS) is 21.5. The highest BCUT2D eigenvalue weighted by atomic mass is 16.5. The highest BCUT2D eigenvalue weighted by Crippen LogP contribution is 2.05. The Hall–Kier alpha value is -0.200. The molecule has 0 radical (unpaired) electrons. The van der Waals surface area contributed by atoms with Gasteiger partial charge in [0, 0.05) is 13.2 Å². The zero-order valence-corrected chi connectivity index (χ0v) is 7.34. The van der Waals surface area contributed by atoms with Gasteiger partial charge in [-0.2, -0.15) is 0 Å². The molecule has 0 bridgehead atoms. The van der Waals surface area contributed by atoms with Crippen LogP contribution < -0.4 is 5.73 Å². The van der Waals surface area contributed by atoms with Gasteiger partial charge in [0.05, 0.1) is 12.7 Å². The lowest BCUT2D eigenvalue weighted by Crippen LogP contribution is -2.48. The highest BCUT2D eigenvalue weighted by molar-refractivity contribution is 4.81. The fourth-order valence-corrected chi connectivity index (χ4v) is 0.853. The molecule has 5 N–H and O–H groups in total. The van der Waals surface area contributed by atoms with Gasteiger partial charge in [-0.25, -0.2) is 0 Å². The zero-order valence-electron chi connectivity index (χ0n) is 7.34. The second-order valence-electron chi connectivity index (χ2n) is 2.80. The van der Waals surface area contributed by atoms with Crippen LogP contribution >= 0.6 is 0 Å². The summed E-state index contributed by atoms with van der Waals surface area (Å²) in [6.07, 6.45) is -3.02.